The lowest BCUT2D eigenvalue weighted by Gasteiger charge is -2.32. The van der Waals surface area contributed by atoms with Gasteiger partial charge in [-0.05, 0) is 54.1 Å². The maximum Gasteiger partial charge on any atom is 0.235 e. The Hall–Kier alpha value is -6.13. The van der Waals surface area contributed by atoms with Gasteiger partial charge in [0.1, 0.15) is 22.9 Å². The number of aromatic nitrogens is 1. The zero-order valence-corrected chi connectivity index (χ0v) is 24.8. The van der Waals surface area contributed by atoms with Crippen molar-refractivity contribution in [2.24, 2.45) is 0 Å². The van der Waals surface area contributed by atoms with Crippen molar-refractivity contribution in [3.63, 3.8) is 0 Å². The van der Waals surface area contributed by atoms with E-state index in [1.54, 1.807) is 0 Å². The van der Waals surface area contributed by atoms with E-state index in [4.69, 9.17) is 4.42 Å². The SMILES string of the molecule is C1=CC2=[N+](c3ccccc3)c3ccccc3N3c4ccc5c(c4C(=C1)C23)c1ccccc1n5-c1ccc2oc3ccccc3c2c1. The molecule has 4 heterocycles. The summed E-state index contributed by atoms with van der Waals surface area (Å²) in [7, 11) is 0. The molecule has 2 aromatic heterocycles. The summed E-state index contributed by atoms with van der Waals surface area (Å²) in [6.45, 7) is 0. The van der Waals surface area contributed by atoms with E-state index in [-0.39, 0.29) is 6.04 Å². The lowest BCUT2D eigenvalue weighted by Crippen LogP contribution is -2.43. The fourth-order valence-corrected chi connectivity index (χ4v) is 8.22. The number of furan rings is 1. The minimum Gasteiger partial charge on any atom is -0.456 e. The molecule has 0 saturated heterocycles. The molecule has 0 N–H and O–H groups in total. The lowest BCUT2D eigenvalue weighted by molar-refractivity contribution is 0.669. The van der Waals surface area contributed by atoms with Crippen molar-refractivity contribution >= 4 is 77.8 Å². The van der Waals surface area contributed by atoms with E-state index in [2.05, 4.69) is 154 Å². The van der Waals surface area contributed by atoms with Crippen LogP contribution in [0.5, 0.6) is 0 Å². The third-order valence-electron chi connectivity index (χ3n) is 10.0. The first kappa shape index (κ1) is 24.2. The van der Waals surface area contributed by atoms with Gasteiger partial charge < -0.3 is 13.9 Å². The van der Waals surface area contributed by atoms with E-state index in [0.29, 0.717) is 0 Å². The summed E-state index contributed by atoms with van der Waals surface area (Å²) >= 11 is 0. The number of nitrogens with zero attached hydrogens (tertiary/aromatic N) is 3. The summed E-state index contributed by atoms with van der Waals surface area (Å²) in [5, 5.41) is 4.83. The summed E-state index contributed by atoms with van der Waals surface area (Å²) in [5.41, 5.74) is 14.1. The molecular weight excluding hydrogens is 562 g/mol. The molecule has 11 rings (SSSR count). The summed E-state index contributed by atoms with van der Waals surface area (Å²) < 4.78 is 11.1. The van der Waals surface area contributed by atoms with Crippen LogP contribution in [0.3, 0.4) is 0 Å². The monoisotopic (exact) mass is 588 g/mol. The van der Waals surface area contributed by atoms with Gasteiger partial charge in [0.2, 0.25) is 17.1 Å². The van der Waals surface area contributed by atoms with Crippen LogP contribution in [0, 0.1) is 0 Å². The van der Waals surface area contributed by atoms with Gasteiger partial charge in [-0.15, -0.1) is 0 Å². The van der Waals surface area contributed by atoms with Crippen LogP contribution in [0.1, 0.15) is 5.56 Å². The smallest absolute Gasteiger partial charge is 0.235 e. The molecule has 1 atom stereocenters. The van der Waals surface area contributed by atoms with Crippen LogP contribution >= 0.6 is 0 Å². The molecule has 1 aliphatic carbocycles. The highest BCUT2D eigenvalue weighted by atomic mass is 16.3. The number of rotatable bonds is 2. The second-order valence-electron chi connectivity index (χ2n) is 12.3. The first-order valence-corrected chi connectivity index (χ1v) is 15.8. The second-order valence-corrected chi connectivity index (χ2v) is 12.3. The highest BCUT2D eigenvalue weighted by Gasteiger charge is 2.49. The molecule has 0 saturated carbocycles. The van der Waals surface area contributed by atoms with E-state index in [1.807, 2.05) is 12.1 Å². The molecule has 0 spiro atoms. The van der Waals surface area contributed by atoms with E-state index < -0.39 is 0 Å². The van der Waals surface area contributed by atoms with Gasteiger partial charge in [0, 0.05) is 57.1 Å². The molecule has 0 bridgehead atoms. The molecule has 4 heteroatoms. The topological polar surface area (TPSA) is 24.3 Å². The summed E-state index contributed by atoms with van der Waals surface area (Å²) in [6, 6.07) is 48.0. The zero-order valence-electron chi connectivity index (χ0n) is 24.8. The van der Waals surface area contributed by atoms with Crippen molar-refractivity contribution in [1.29, 1.82) is 0 Å². The van der Waals surface area contributed by atoms with E-state index in [9.17, 15) is 0 Å². The van der Waals surface area contributed by atoms with Crippen LogP contribution in [-0.4, -0.2) is 16.3 Å². The number of hydrogen-bond donors (Lipinski definition) is 0. The molecule has 4 nitrogen and oxygen atoms in total. The molecule has 3 aliphatic rings. The fourth-order valence-electron chi connectivity index (χ4n) is 8.22. The van der Waals surface area contributed by atoms with Gasteiger partial charge in [0.05, 0.1) is 16.7 Å². The van der Waals surface area contributed by atoms with Gasteiger partial charge in [-0.2, -0.15) is 4.58 Å². The van der Waals surface area contributed by atoms with E-state index >= 15 is 0 Å². The van der Waals surface area contributed by atoms with Gasteiger partial charge in [0.25, 0.3) is 0 Å². The van der Waals surface area contributed by atoms with Gasteiger partial charge in [0.15, 0.2) is 0 Å². The maximum absolute atomic E-state index is 6.19. The van der Waals surface area contributed by atoms with Crippen molar-refractivity contribution in [3.8, 4) is 5.69 Å². The first-order valence-electron chi connectivity index (χ1n) is 15.8. The van der Waals surface area contributed by atoms with Crippen molar-refractivity contribution in [3.05, 3.63) is 157 Å². The van der Waals surface area contributed by atoms with Gasteiger partial charge in [-0.3, -0.25) is 0 Å². The number of hydrogen-bond acceptors (Lipinski definition) is 2. The Morgan fingerprint density at radius 2 is 1.39 bits per heavy atom. The summed E-state index contributed by atoms with van der Waals surface area (Å²) in [4.78, 5) is 2.56. The van der Waals surface area contributed by atoms with Crippen LogP contribution < -0.4 is 9.48 Å². The molecule has 214 valence electrons. The minimum absolute atomic E-state index is 0.0801. The van der Waals surface area contributed by atoms with E-state index in [1.165, 1.54) is 61.4 Å². The number of fused-ring (bicyclic) bond motifs is 12. The van der Waals surface area contributed by atoms with Gasteiger partial charge >= 0.3 is 0 Å². The van der Waals surface area contributed by atoms with Crippen molar-refractivity contribution in [2.45, 2.75) is 6.04 Å². The average molecular weight is 589 g/mol. The Morgan fingerprint density at radius 3 is 2.33 bits per heavy atom. The number of anilines is 2. The predicted molar refractivity (Wildman–Crippen MR) is 190 cm³/mol. The Bertz CT molecular complexity index is 2700. The van der Waals surface area contributed by atoms with Crippen LogP contribution in [0.2, 0.25) is 0 Å². The molecule has 8 aromatic rings. The molecular formula is C42H26N3O+. The van der Waals surface area contributed by atoms with Crippen molar-refractivity contribution in [1.82, 2.24) is 9.14 Å². The van der Waals surface area contributed by atoms with Crippen LogP contribution in [0.15, 0.2) is 156 Å². The van der Waals surface area contributed by atoms with Crippen LogP contribution in [0.25, 0.3) is 55.0 Å². The molecule has 6 aromatic carbocycles. The lowest BCUT2D eigenvalue weighted by atomic mass is 9.90. The van der Waals surface area contributed by atoms with Crippen molar-refractivity contribution in [2.75, 3.05) is 4.90 Å². The third-order valence-corrected chi connectivity index (χ3v) is 10.0. The fraction of sp³-hybridized carbons (Fsp3) is 0.0238. The third kappa shape index (κ3) is 3.01. The summed E-state index contributed by atoms with van der Waals surface area (Å²) in [5.74, 6) is 0. The Kier molecular flexibility index (Phi) is 4.60. The molecule has 0 amide bonds. The highest BCUT2D eigenvalue weighted by Crippen LogP contribution is 2.55. The van der Waals surface area contributed by atoms with Crippen LogP contribution in [-0.2, 0) is 0 Å². The highest BCUT2D eigenvalue weighted by molar-refractivity contribution is 6.26. The number of allylic oxidation sites excluding steroid dienone is 2. The molecule has 46 heavy (non-hydrogen) atoms. The Morgan fingerprint density at radius 1 is 0.609 bits per heavy atom. The van der Waals surface area contributed by atoms with Crippen molar-refractivity contribution < 1.29 is 4.42 Å². The Labute approximate surface area is 264 Å². The second kappa shape index (κ2) is 8.74. The summed E-state index contributed by atoms with van der Waals surface area (Å²) in [6.07, 6.45) is 6.86. The van der Waals surface area contributed by atoms with Gasteiger partial charge in [-0.1, -0.05) is 78.9 Å². The van der Waals surface area contributed by atoms with Crippen LogP contribution in [0.4, 0.5) is 22.7 Å². The number of para-hydroxylation sites is 5. The predicted octanol–water partition coefficient (Wildman–Crippen LogP) is 10.4. The van der Waals surface area contributed by atoms with Gasteiger partial charge in [-0.25, -0.2) is 0 Å². The standard InChI is InChI=1S/C42H26N3O/c1-2-11-26(12-3-1)43-33-17-7-8-18-34(33)45-36-23-22-35-40(41(36)30-15-10-19-37(43)42(30)45)29-14-4-6-16-32(29)44(35)27-21-24-39-31(25-27)28-13-5-9-20-38(28)46-39/h1-25,42H/q+1. The average Bonchev–Trinajstić information content (AvgIpc) is 3.77. The van der Waals surface area contributed by atoms with E-state index in [0.717, 1.165) is 27.6 Å². The molecule has 2 aliphatic heterocycles. The Balaban J connectivity index is 1.22. The quantitative estimate of drug-likeness (QED) is 0.188. The number of benzene rings is 6. The largest absolute Gasteiger partial charge is 0.456 e. The maximum atomic E-state index is 6.19. The molecule has 0 fully saturated rings. The molecule has 0 radical (unpaired) electrons. The minimum atomic E-state index is 0.0801. The first-order chi connectivity index (χ1) is 22.8. The normalized spacial score (nSPS) is 16.4. The molecule has 1 unspecified atom stereocenters. The zero-order chi connectivity index (χ0) is 29.9.